The van der Waals surface area contributed by atoms with Crippen LogP contribution in [0.3, 0.4) is 0 Å². The van der Waals surface area contributed by atoms with Gasteiger partial charge in [-0.2, -0.15) is 0 Å². The van der Waals surface area contributed by atoms with E-state index in [2.05, 4.69) is 46.8 Å². The average molecular weight is 152 g/mol. The Morgan fingerprint density at radius 1 is 1.18 bits per heavy atom. The Labute approximate surface area is 71.0 Å². The predicted octanol–water partition coefficient (Wildman–Crippen LogP) is 3.95. The Morgan fingerprint density at radius 2 is 1.73 bits per heavy atom. The predicted molar refractivity (Wildman–Crippen MR) is 52.6 cm³/mol. The van der Waals surface area contributed by atoms with Gasteiger partial charge in [-0.15, -0.1) is 0 Å². The molecule has 0 N–H and O–H groups in total. The summed E-state index contributed by atoms with van der Waals surface area (Å²) in [6, 6.07) is 0. The van der Waals surface area contributed by atoms with Crippen molar-refractivity contribution in [1.29, 1.82) is 0 Å². The molecule has 11 heavy (non-hydrogen) atoms. The summed E-state index contributed by atoms with van der Waals surface area (Å²) in [7, 11) is 0. The molecule has 0 nitrogen and oxygen atoms in total. The third kappa shape index (κ3) is 4.83. The molecule has 0 rings (SSSR count). The van der Waals surface area contributed by atoms with Crippen molar-refractivity contribution in [3.8, 4) is 0 Å². The molecule has 0 aromatic carbocycles. The van der Waals surface area contributed by atoms with Gasteiger partial charge in [0.2, 0.25) is 0 Å². The molecule has 0 aliphatic heterocycles. The Morgan fingerprint density at radius 3 is 2.09 bits per heavy atom. The highest BCUT2D eigenvalue weighted by atomic mass is 14.0. The van der Waals surface area contributed by atoms with Gasteiger partial charge in [-0.05, 0) is 26.2 Å². The Balaban J connectivity index is 4.11. The molecule has 0 aliphatic rings. The van der Waals surface area contributed by atoms with Crippen LogP contribution in [0.5, 0.6) is 0 Å². The largest absolute Gasteiger partial charge is 0.0736 e. The second-order valence-electron chi connectivity index (χ2n) is 3.43. The van der Waals surface area contributed by atoms with E-state index in [0.29, 0.717) is 5.92 Å². The first-order valence-electron chi connectivity index (χ1n) is 4.41. The van der Waals surface area contributed by atoms with Crippen LogP contribution in [0.1, 0.15) is 41.0 Å². The molecular formula is C11H20. The van der Waals surface area contributed by atoms with Crippen molar-refractivity contribution in [2.75, 3.05) is 0 Å². The zero-order valence-electron chi connectivity index (χ0n) is 8.44. The smallest absolute Gasteiger partial charge is 0.0260 e. The molecule has 0 saturated carbocycles. The van der Waals surface area contributed by atoms with Crippen molar-refractivity contribution < 1.29 is 0 Å². The molecule has 0 saturated heterocycles. The van der Waals surface area contributed by atoms with Crippen LogP contribution in [-0.2, 0) is 0 Å². The van der Waals surface area contributed by atoms with Gasteiger partial charge in [0.15, 0.2) is 0 Å². The lowest BCUT2D eigenvalue weighted by atomic mass is 10.0. The van der Waals surface area contributed by atoms with Crippen LogP contribution < -0.4 is 0 Å². The van der Waals surface area contributed by atoms with Crippen LogP contribution in [0.4, 0.5) is 0 Å². The van der Waals surface area contributed by atoms with Crippen LogP contribution in [0.15, 0.2) is 23.3 Å². The molecule has 0 radical (unpaired) electrons. The second-order valence-corrected chi connectivity index (χ2v) is 3.43. The molecule has 0 heteroatoms. The van der Waals surface area contributed by atoms with Crippen molar-refractivity contribution in [3.05, 3.63) is 23.3 Å². The topological polar surface area (TPSA) is 0 Å². The molecular weight excluding hydrogens is 132 g/mol. The van der Waals surface area contributed by atoms with E-state index in [0.717, 1.165) is 6.42 Å². The lowest BCUT2D eigenvalue weighted by Gasteiger charge is -2.02. The van der Waals surface area contributed by atoms with Gasteiger partial charge in [-0.3, -0.25) is 0 Å². The number of hydrogen-bond donors (Lipinski definition) is 0. The van der Waals surface area contributed by atoms with Gasteiger partial charge in [0.05, 0.1) is 0 Å². The number of hydrogen-bond acceptors (Lipinski definition) is 0. The zero-order chi connectivity index (χ0) is 8.85. The van der Waals surface area contributed by atoms with Gasteiger partial charge in [-0.1, -0.05) is 44.1 Å². The summed E-state index contributed by atoms with van der Waals surface area (Å²) in [4.78, 5) is 0. The molecule has 0 atom stereocenters. The third-order valence-electron chi connectivity index (χ3n) is 2.10. The summed E-state index contributed by atoms with van der Waals surface area (Å²) in [6.45, 7) is 11.0. The van der Waals surface area contributed by atoms with Gasteiger partial charge in [0, 0.05) is 0 Å². The molecule has 0 heterocycles. The summed E-state index contributed by atoms with van der Waals surface area (Å²) < 4.78 is 0. The highest BCUT2D eigenvalue weighted by molar-refractivity contribution is 5.16. The Bertz CT molecular complexity index is 159. The van der Waals surface area contributed by atoms with E-state index in [9.17, 15) is 0 Å². The first kappa shape index (κ1) is 10.5. The number of allylic oxidation sites excluding steroid dienone is 4. The van der Waals surface area contributed by atoms with E-state index in [1.165, 1.54) is 11.1 Å². The molecule has 64 valence electrons. The van der Waals surface area contributed by atoms with Crippen LogP contribution in [-0.4, -0.2) is 0 Å². The lowest BCUT2D eigenvalue weighted by Crippen LogP contribution is -1.87. The van der Waals surface area contributed by atoms with E-state index in [-0.39, 0.29) is 0 Å². The van der Waals surface area contributed by atoms with Gasteiger partial charge in [0.1, 0.15) is 0 Å². The van der Waals surface area contributed by atoms with Gasteiger partial charge in [0.25, 0.3) is 0 Å². The average Bonchev–Trinajstić information content (AvgIpc) is 1.99. The van der Waals surface area contributed by atoms with Crippen LogP contribution in [0.25, 0.3) is 0 Å². The maximum Gasteiger partial charge on any atom is -0.0260 e. The monoisotopic (exact) mass is 152 g/mol. The minimum Gasteiger partial charge on any atom is -0.0736 e. The van der Waals surface area contributed by atoms with Crippen molar-refractivity contribution >= 4 is 0 Å². The number of rotatable bonds is 3. The van der Waals surface area contributed by atoms with Crippen LogP contribution in [0, 0.1) is 5.92 Å². The van der Waals surface area contributed by atoms with Crippen molar-refractivity contribution in [2.45, 2.75) is 41.0 Å². The standard InChI is InChI=1S/C11H20/c1-6-10(4)7-8-11(5)9(2)3/h7-9H,6H2,1-5H3/b10-7+,11-8+. The molecule has 0 amide bonds. The van der Waals surface area contributed by atoms with Gasteiger partial charge in [-0.25, -0.2) is 0 Å². The molecule has 0 bridgehead atoms. The summed E-state index contributed by atoms with van der Waals surface area (Å²) >= 11 is 0. The van der Waals surface area contributed by atoms with E-state index in [4.69, 9.17) is 0 Å². The first-order valence-corrected chi connectivity index (χ1v) is 4.41. The fourth-order valence-electron chi connectivity index (χ4n) is 0.584. The second kappa shape index (κ2) is 5.17. The summed E-state index contributed by atoms with van der Waals surface area (Å²) in [5, 5.41) is 0. The quantitative estimate of drug-likeness (QED) is 0.537. The third-order valence-corrected chi connectivity index (χ3v) is 2.10. The van der Waals surface area contributed by atoms with Crippen LogP contribution in [0.2, 0.25) is 0 Å². The Kier molecular flexibility index (Phi) is 4.93. The first-order chi connectivity index (χ1) is 5.07. The molecule has 0 unspecified atom stereocenters. The van der Waals surface area contributed by atoms with Gasteiger partial charge < -0.3 is 0 Å². The van der Waals surface area contributed by atoms with Crippen molar-refractivity contribution in [1.82, 2.24) is 0 Å². The van der Waals surface area contributed by atoms with E-state index in [1.54, 1.807) is 0 Å². The minimum absolute atomic E-state index is 0.677. The zero-order valence-corrected chi connectivity index (χ0v) is 8.44. The fourth-order valence-corrected chi connectivity index (χ4v) is 0.584. The van der Waals surface area contributed by atoms with E-state index >= 15 is 0 Å². The molecule has 0 spiro atoms. The lowest BCUT2D eigenvalue weighted by molar-refractivity contribution is 0.769. The van der Waals surface area contributed by atoms with Crippen LogP contribution >= 0.6 is 0 Å². The highest BCUT2D eigenvalue weighted by Gasteiger charge is 1.92. The van der Waals surface area contributed by atoms with Crippen molar-refractivity contribution in [2.24, 2.45) is 5.92 Å². The van der Waals surface area contributed by atoms with Crippen molar-refractivity contribution in [3.63, 3.8) is 0 Å². The summed E-state index contributed by atoms with van der Waals surface area (Å²) in [6.07, 6.45) is 5.60. The SMILES string of the molecule is CC/C(C)=C/C=C(\C)C(C)C. The molecule has 0 aliphatic carbocycles. The molecule has 0 aromatic rings. The normalized spacial score (nSPS) is 14.4. The molecule has 0 aromatic heterocycles. The Hall–Kier alpha value is -0.520. The minimum atomic E-state index is 0.677. The van der Waals surface area contributed by atoms with E-state index < -0.39 is 0 Å². The summed E-state index contributed by atoms with van der Waals surface area (Å²) in [5.41, 5.74) is 2.91. The fraction of sp³-hybridized carbons (Fsp3) is 0.636. The molecule has 0 fully saturated rings. The van der Waals surface area contributed by atoms with Gasteiger partial charge >= 0.3 is 0 Å². The highest BCUT2D eigenvalue weighted by Crippen LogP contribution is 2.09. The summed E-state index contributed by atoms with van der Waals surface area (Å²) in [5.74, 6) is 0.677. The maximum absolute atomic E-state index is 2.23. The van der Waals surface area contributed by atoms with E-state index in [1.807, 2.05) is 0 Å². The maximum atomic E-state index is 2.23.